The SMILES string of the molecule is O=C(O)CCCc1ccc(C(=NO)C(=O)O)s1. The molecule has 0 saturated carbocycles. The average molecular weight is 257 g/mol. The summed E-state index contributed by atoms with van der Waals surface area (Å²) in [5, 5.41) is 28.4. The number of hydrogen-bond donors (Lipinski definition) is 3. The van der Waals surface area contributed by atoms with E-state index in [0.29, 0.717) is 17.7 Å². The summed E-state index contributed by atoms with van der Waals surface area (Å²) in [5.74, 6) is -2.16. The van der Waals surface area contributed by atoms with E-state index < -0.39 is 17.7 Å². The summed E-state index contributed by atoms with van der Waals surface area (Å²) in [6, 6.07) is 3.25. The molecule has 1 rings (SSSR count). The van der Waals surface area contributed by atoms with Gasteiger partial charge in [0.1, 0.15) is 0 Å². The van der Waals surface area contributed by atoms with Crippen molar-refractivity contribution in [2.45, 2.75) is 19.3 Å². The first kappa shape index (κ1) is 13.2. The van der Waals surface area contributed by atoms with E-state index in [1.165, 1.54) is 11.3 Å². The third-order valence-corrected chi connectivity index (χ3v) is 3.16. The van der Waals surface area contributed by atoms with Crippen molar-refractivity contribution in [3.05, 3.63) is 21.9 Å². The van der Waals surface area contributed by atoms with Gasteiger partial charge in [0, 0.05) is 11.3 Å². The highest BCUT2D eigenvalue weighted by Gasteiger charge is 2.15. The van der Waals surface area contributed by atoms with Gasteiger partial charge in [-0.25, -0.2) is 4.79 Å². The lowest BCUT2D eigenvalue weighted by molar-refractivity contribution is -0.137. The Hall–Kier alpha value is -1.89. The zero-order valence-electron chi connectivity index (χ0n) is 8.79. The number of hydrogen-bond acceptors (Lipinski definition) is 5. The minimum Gasteiger partial charge on any atom is -0.481 e. The van der Waals surface area contributed by atoms with Gasteiger partial charge in [-0.15, -0.1) is 11.3 Å². The second kappa shape index (κ2) is 6.00. The molecule has 0 amide bonds. The van der Waals surface area contributed by atoms with Gasteiger partial charge in [-0.2, -0.15) is 0 Å². The van der Waals surface area contributed by atoms with E-state index in [0.717, 1.165) is 4.88 Å². The molecular formula is C10H11NO5S. The van der Waals surface area contributed by atoms with Gasteiger partial charge in [-0.05, 0) is 25.0 Å². The predicted octanol–water partition coefficient (Wildman–Crippen LogP) is 1.42. The summed E-state index contributed by atoms with van der Waals surface area (Å²) in [7, 11) is 0. The van der Waals surface area contributed by atoms with Crippen molar-refractivity contribution in [3.63, 3.8) is 0 Å². The number of oxime groups is 1. The molecule has 3 N–H and O–H groups in total. The van der Waals surface area contributed by atoms with Gasteiger partial charge in [0.05, 0.1) is 4.88 Å². The van der Waals surface area contributed by atoms with E-state index in [4.69, 9.17) is 15.4 Å². The van der Waals surface area contributed by atoms with Gasteiger partial charge in [0.2, 0.25) is 5.71 Å². The van der Waals surface area contributed by atoms with E-state index in [2.05, 4.69) is 5.16 Å². The molecule has 0 radical (unpaired) electrons. The zero-order chi connectivity index (χ0) is 12.8. The molecule has 0 saturated heterocycles. The fourth-order valence-corrected chi connectivity index (χ4v) is 2.28. The van der Waals surface area contributed by atoms with E-state index in [1.807, 2.05) is 0 Å². The number of rotatable bonds is 6. The average Bonchev–Trinajstić information content (AvgIpc) is 2.66. The number of nitrogens with zero attached hydrogens (tertiary/aromatic N) is 1. The van der Waals surface area contributed by atoms with Gasteiger partial charge in [-0.3, -0.25) is 4.79 Å². The summed E-state index contributed by atoms with van der Waals surface area (Å²) in [6.07, 6.45) is 1.14. The van der Waals surface area contributed by atoms with Crippen LogP contribution >= 0.6 is 11.3 Å². The van der Waals surface area contributed by atoms with Crippen LogP contribution in [-0.2, 0) is 16.0 Å². The van der Waals surface area contributed by atoms with Crippen molar-refractivity contribution in [1.82, 2.24) is 0 Å². The molecule has 0 aliphatic rings. The Balaban J connectivity index is 2.65. The molecule has 0 unspecified atom stereocenters. The molecule has 92 valence electrons. The first-order chi connectivity index (χ1) is 8.04. The van der Waals surface area contributed by atoms with E-state index in [-0.39, 0.29) is 6.42 Å². The van der Waals surface area contributed by atoms with Crippen LogP contribution in [-0.4, -0.2) is 33.1 Å². The lowest BCUT2D eigenvalue weighted by Crippen LogP contribution is -2.12. The van der Waals surface area contributed by atoms with Crippen LogP contribution in [0.25, 0.3) is 0 Å². The van der Waals surface area contributed by atoms with Crippen LogP contribution in [0.2, 0.25) is 0 Å². The second-order valence-corrected chi connectivity index (χ2v) is 4.44. The summed E-state index contributed by atoms with van der Waals surface area (Å²) < 4.78 is 0. The van der Waals surface area contributed by atoms with Crippen LogP contribution in [0.15, 0.2) is 17.3 Å². The number of aliphatic carboxylic acids is 2. The van der Waals surface area contributed by atoms with Crippen LogP contribution in [0.3, 0.4) is 0 Å². The first-order valence-electron chi connectivity index (χ1n) is 4.81. The topological polar surface area (TPSA) is 107 Å². The van der Waals surface area contributed by atoms with Crippen molar-refractivity contribution >= 4 is 29.0 Å². The Morgan fingerprint density at radius 2 is 2.00 bits per heavy atom. The van der Waals surface area contributed by atoms with Crippen molar-refractivity contribution in [2.75, 3.05) is 0 Å². The highest BCUT2D eigenvalue weighted by atomic mass is 32.1. The Labute approximate surface area is 101 Å². The Kier molecular flexibility index (Phi) is 4.65. The lowest BCUT2D eigenvalue weighted by Gasteiger charge is -1.95. The van der Waals surface area contributed by atoms with Gasteiger partial charge in [0.15, 0.2) is 0 Å². The molecule has 0 fully saturated rings. The molecule has 0 aliphatic carbocycles. The molecule has 0 aliphatic heterocycles. The first-order valence-corrected chi connectivity index (χ1v) is 5.62. The van der Waals surface area contributed by atoms with Gasteiger partial charge >= 0.3 is 11.9 Å². The Morgan fingerprint density at radius 3 is 2.53 bits per heavy atom. The van der Waals surface area contributed by atoms with Gasteiger partial charge in [0.25, 0.3) is 0 Å². The van der Waals surface area contributed by atoms with E-state index >= 15 is 0 Å². The third-order valence-electron chi connectivity index (χ3n) is 2.01. The number of thiophene rings is 1. The summed E-state index contributed by atoms with van der Waals surface area (Å²) in [5.41, 5.74) is -0.403. The monoisotopic (exact) mass is 257 g/mol. The molecule has 6 nitrogen and oxygen atoms in total. The number of aryl methyl sites for hydroxylation is 1. The molecule has 1 aromatic rings. The standard InChI is InChI=1S/C10H11NO5S/c12-8(13)3-1-2-6-4-5-7(17-6)9(11-16)10(14)15/h4-5,16H,1-3H2,(H,12,13)(H,14,15). The highest BCUT2D eigenvalue weighted by Crippen LogP contribution is 2.19. The molecule has 0 aromatic carbocycles. The molecule has 0 atom stereocenters. The number of carbonyl (C=O) groups is 2. The van der Waals surface area contributed by atoms with Crippen LogP contribution in [0.5, 0.6) is 0 Å². The molecule has 1 aromatic heterocycles. The zero-order valence-corrected chi connectivity index (χ0v) is 9.61. The number of carboxylic acids is 2. The maximum atomic E-state index is 10.7. The molecular weight excluding hydrogens is 246 g/mol. The van der Waals surface area contributed by atoms with Gasteiger partial charge in [-0.1, -0.05) is 5.16 Å². The summed E-state index contributed by atoms with van der Waals surface area (Å²) in [4.78, 5) is 22.2. The quantitative estimate of drug-likeness (QED) is 0.406. The van der Waals surface area contributed by atoms with Crippen LogP contribution < -0.4 is 0 Å². The lowest BCUT2D eigenvalue weighted by atomic mass is 10.2. The van der Waals surface area contributed by atoms with Crippen LogP contribution in [0, 0.1) is 0 Å². The second-order valence-electron chi connectivity index (χ2n) is 3.27. The van der Waals surface area contributed by atoms with E-state index in [9.17, 15) is 9.59 Å². The van der Waals surface area contributed by atoms with Crippen molar-refractivity contribution < 1.29 is 25.0 Å². The molecule has 0 bridgehead atoms. The van der Waals surface area contributed by atoms with Crippen LogP contribution in [0.1, 0.15) is 22.6 Å². The number of carboxylic acid groups (broad SMARTS) is 2. The molecule has 17 heavy (non-hydrogen) atoms. The molecule has 1 heterocycles. The van der Waals surface area contributed by atoms with Crippen molar-refractivity contribution in [3.8, 4) is 0 Å². The molecule has 7 heteroatoms. The highest BCUT2D eigenvalue weighted by molar-refractivity contribution is 7.14. The summed E-state index contributed by atoms with van der Waals surface area (Å²) >= 11 is 1.18. The smallest absolute Gasteiger partial charge is 0.359 e. The maximum absolute atomic E-state index is 10.7. The van der Waals surface area contributed by atoms with Crippen molar-refractivity contribution in [1.29, 1.82) is 0 Å². The Bertz CT molecular complexity index is 451. The minimum atomic E-state index is -1.30. The Morgan fingerprint density at radius 1 is 1.29 bits per heavy atom. The van der Waals surface area contributed by atoms with Crippen molar-refractivity contribution in [2.24, 2.45) is 5.16 Å². The predicted molar refractivity (Wildman–Crippen MR) is 60.9 cm³/mol. The minimum absolute atomic E-state index is 0.0765. The third kappa shape index (κ3) is 3.87. The largest absolute Gasteiger partial charge is 0.481 e. The molecule has 0 spiro atoms. The fraction of sp³-hybridized carbons (Fsp3) is 0.300. The van der Waals surface area contributed by atoms with Gasteiger partial charge < -0.3 is 15.4 Å². The maximum Gasteiger partial charge on any atom is 0.359 e. The fourth-order valence-electron chi connectivity index (χ4n) is 1.25. The van der Waals surface area contributed by atoms with E-state index in [1.54, 1.807) is 12.1 Å². The van der Waals surface area contributed by atoms with Crippen LogP contribution in [0.4, 0.5) is 0 Å². The normalized spacial score (nSPS) is 11.4. The summed E-state index contributed by atoms with van der Waals surface area (Å²) in [6.45, 7) is 0.